The van der Waals surface area contributed by atoms with Crippen LogP contribution in [-0.4, -0.2) is 50.9 Å². The van der Waals surface area contributed by atoms with Crippen LogP contribution in [0.1, 0.15) is 78.2 Å². The van der Waals surface area contributed by atoms with E-state index in [2.05, 4.69) is 0 Å². The summed E-state index contributed by atoms with van der Waals surface area (Å²) in [6.45, 7) is 15.0. The van der Waals surface area contributed by atoms with Crippen molar-refractivity contribution in [3.8, 4) is 11.5 Å². The summed E-state index contributed by atoms with van der Waals surface area (Å²) in [5.41, 5.74) is -1.88. The van der Waals surface area contributed by atoms with Gasteiger partial charge in [0, 0.05) is 16.1 Å². The highest BCUT2D eigenvalue weighted by atomic mass is 35.5. The molecule has 50 heavy (non-hydrogen) atoms. The Balaban J connectivity index is 2.24. The van der Waals surface area contributed by atoms with Gasteiger partial charge in [0.15, 0.2) is 5.78 Å². The number of ether oxygens (including phenoxy) is 1. The van der Waals surface area contributed by atoms with Gasteiger partial charge < -0.3 is 4.74 Å². The SMILES string of the molecule is CC(C)(C)COS(=O)(=O)c1ccc(Oc2ccc(C(=O)c3cc(Cl)ccc3Cl)cc2S(=O)(=O)OCC(C)(C)C)c(S(=O)(=O)OCC(C)(C)C)c1. The average Bonchev–Trinajstić information content (AvgIpc) is 2.98. The van der Waals surface area contributed by atoms with Crippen LogP contribution < -0.4 is 4.74 Å². The van der Waals surface area contributed by atoms with E-state index in [0.29, 0.717) is 0 Å². The fourth-order valence-corrected chi connectivity index (χ4v) is 7.87. The standard InChI is InChI=1S/C34H42Cl2O11S3/c1-32(2,3)19-44-48(38,39)24-12-15-28(30(18-24)50(42,43)46-21-34(7,8)9)47-27-14-10-22(31(37)25-17-23(35)11-13-26(25)36)16-29(27)49(40,41)45-20-33(4,5)6/h10-18H,19-21H2,1-9H3. The average molecular weight is 794 g/mol. The number of carbonyl (C=O) groups is 1. The van der Waals surface area contributed by atoms with Crippen LogP contribution in [0.25, 0.3) is 0 Å². The van der Waals surface area contributed by atoms with Crippen LogP contribution in [0.15, 0.2) is 69.3 Å². The minimum atomic E-state index is -4.72. The molecule has 11 nitrogen and oxygen atoms in total. The molecule has 3 aromatic rings. The first-order valence-corrected chi connectivity index (χ1v) is 20.2. The third-order valence-corrected chi connectivity index (χ3v) is 10.7. The van der Waals surface area contributed by atoms with E-state index in [1.165, 1.54) is 24.3 Å². The molecule has 0 N–H and O–H groups in total. The van der Waals surface area contributed by atoms with Crippen molar-refractivity contribution >= 4 is 59.3 Å². The Bertz CT molecular complexity index is 2070. The third kappa shape index (κ3) is 11.7. The van der Waals surface area contributed by atoms with Gasteiger partial charge in [0.1, 0.15) is 21.3 Å². The van der Waals surface area contributed by atoms with Gasteiger partial charge in [-0.2, -0.15) is 25.3 Å². The highest BCUT2D eigenvalue weighted by Crippen LogP contribution is 2.38. The van der Waals surface area contributed by atoms with Gasteiger partial charge in [0.2, 0.25) is 0 Å². The quantitative estimate of drug-likeness (QED) is 0.121. The zero-order valence-electron chi connectivity index (χ0n) is 29.3. The van der Waals surface area contributed by atoms with Gasteiger partial charge in [-0.3, -0.25) is 17.3 Å². The van der Waals surface area contributed by atoms with Crippen molar-refractivity contribution < 1.29 is 47.3 Å². The fourth-order valence-electron chi connectivity index (χ4n) is 3.76. The predicted molar refractivity (Wildman–Crippen MR) is 191 cm³/mol. The monoisotopic (exact) mass is 792 g/mol. The Morgan fingerprint density at radius 1 is 0.580 bits per heavy atom. The number of ketones is 1. The molecule has 0 fully saturated rings. The zero-order valence-corrected chi connectivity index (χ0v) is 33.3. The molecule has 0 saturated carbocycles. The molecule has 3 rings (SSSR count). The summed E-state index contributed by atoms with van der Waals surface area (Å²) in [7, 11) is -13.8. The first-order valence-electron chi connectivity index (χ1n) is 15.2. The second kappa shape index (κ2) is 15.2. The van der Waals surface area contributed by atoms with Crippen LogP contribution in [0.2, 0.25) is 10.0 Å². The lowest BCUT2D eigenvalue weighted by Gasteiger charge is -2.21. The molecule has 0 spiro atoms. The topological polar surface area (TPSA) is 156 Å². The van der Waals surface area contributed by atoms with Crippen LogP contribution in [0, 0.1) is 16.2 Å². The maximum absolute atomic E-state index is 13.7. The van der Waals surface area contributed by atoms with E-state index in [-0.39, 0.29) is 41.0 Å². The maximum atomic E-state index is 13.7. The number of halogens is 2. The van der Waals surface area contributed by atoms with Crippen molar-refractivity contribution in [3.05, 3.63) is 75.8 Å². The molecule has 0 aliphatic heterocycles. The molecule has 0 saturated heterocycles. The Morgan fingerprint density at radius 2 is 1.02 bits per heavy atom. The molecule has 0 aromatic heterocycles. The number of carbonyl (C=O) groups excluding carboxylic acids is 1. The summed E-state index contributed by atoms with van der Waals surface area (Å²) in [4.78, 5) is 11.6. The molecule has 0 bridgehead atoms. The molecular weight excluding hydrogens is 751 g/mol. The van der Waals surface area contributed by atoms with Crippen molar-refractivity contribution in [3.63, 3.8) is 0 Å². The second-order valence-corrected chi connectivity index (χ2v) is 20.8. The lowest BCUT2D eigenvalue weighted by Crippen LogP contribution is -2.21. The van der Waals surface area contributed by atoms with E-state index in [1.807, 2.05) is 0 Å². The number of rotatable bonds is 13. The Kier molecular flexibility index (Phi) is 12.7. The first kappa shape index (κ1) is 41.9. The Hall–Kier alpha value is -2.56. The number of hydrogen-bond acceptors (Lipinski definition) is 11. The maximum Gasteiger partial charge on any atom is 0.300 e. The van der Waals surface area contributed by atoms with E-state index in [0.717, 1.165) is 30.3 Å². The van der Waals surface area contributed by atoms with Crippen LogP contribution in [0.3, 0.4) is 0 Å². The van der Waals surface area contributed by atoms with Gasteiger partial charge in [-0.05, 0) is 70.8 Å². The van der Waals surface area contributed by atoms with E-state index in [4.69, 9.17) is 40.5 Å². The third-order valence-electron chi connectivity index (χ3n) is 6.28. The number of hydrogen-bond donors (Lipinski definition) is 0. The molecule has 276 valence electrons. The molecule has 0 aliphatic rings. The van der Waals surface area contributed by atoms with Crippen molar-refractivity contribution in [1.29, 1.82) is 0 Å². The van der Waals surface area contributed by atoms with Gasteiger partial charge in [-0.15, -0.1) is 0 Å². The first-order chi connectivity index (χ1) is 22.6. The Labute approximate surface area is 305 Å². The summed E-state index contributed by atoms with van der Waals surface area (Å²) in [6, 6.07) is 10.5. The van der Waals surface area contributed by atoms with Gasteiger partial charge in [-0.25, -0.2) is 0 Å². The Morgan fingerprint density at radius 3 is 1.50 bits per heavy atom. The summed E-state index contributed by atoms with van der Waals surface area (Å²) in [6.07, 6.45) is 0. The van der Waals surface area contributed by atoms with E-state index in [9.17, 15) is 30.0 Å². The molecule has 3 aromatic carbocycles. The molecule has 0 radical (unpaired) electrons. The van der Waals surface area contributed by atoms with Gasteiger partial charge in [0.25, 0.3) is 10.1 Å². The normalized spacial score (nSPS) is 13.3. The van der Waals surface area contributed by atoms with Crippen molar-refractivity contribution in [2.75, 3.05) is 19.8 Å². The summed E-state index contributed by atoms with van der Waals surface area (Å²) < 4.78 is 102. The van der Waals surface area contributed by atoms with E-state index < -0.39 is 78.6 Å². The van der Waals surface area contributed by atoms with Gasteiger partial charge in [0.05, 0.1) is 29.7 Å². The lowest BCUT2D eigenvalue weighted by atomic mass is 9.99. The predicted octanol–water partition coefficient (Wildman–Crippen LogP) is 8.27. The van der Waals surface area contributed by atoms with Crippen molar-refractivity contribution in [2.45, 2.75) is 77.0 Å². The molecule has 0 unspecified atom stereocenters. The minimum absolute atomic E-state index is 0.00153. The molecule has 0 aliphatic carbocycles. The molecule has 0 heterocycles. The summed E-state index contributed by atoms with van der Waals surface area (Å²) in [5.74, 6) is -1.57. The van der Waals surface area contributed by atoms with Crippen LogP contribution >= 0.6 is 23.2 Å². The van der Waals surface area contributed by atoms with E-state index in [1.54, 1.807) is 62.3 Å². The largest absolute Gasteiger partial charge is 0.454 e. The molecular formula is C34H42Cl2O11S3. The highest BCUT2D eigenvalue weighted by Gasteiger charge is 2.31. The lowest BCUT2D eigenvalue weighted by molar-refractivity contribution is 0.103. The summed E-state index contributed by atoms with van der Waals surface area (Å²) >= 11 is 12.3. The highest BCUT2D eigenvalue weighted by molar-refractivity contribution is 7.87. The fraction of sp³-hybridized carbons (Fsp3) is 0.441. The van der Waals surface area contributed by atoms with Gasteiger partial charge >= 0.3 is 20.2 Å². The summed E-state index contributed by atoms with van der Waals surface area (Å²) in [5, 5.41) is 0.287. The van der Waals surface area contributed by atoms with Crippen LogP contribution in [0.4, 0.5) is 0 Å². The van der Waals surface area contributed by atoms with Crippen molar-refractivity contribution in [2.24, 2.45) is 16.2 Å². The van der Waals surface area contributed by atoms with E-state index >= 15 is 0 Å². The number of benzene rings is 3. The van der Waals surface area contributed by atoms with Crippen LogP contribution in [-0.2, 0) is 42.9 Å². The minimum Gasteiger partial charge on any atom is -0.454 e. The zero-order chi connectivity index (χ0) is 38.1. The van der Waals surface area contributed by atoms with Gasteiger partial charge in [-0.1, -0.05) is 85.5 Å². The molecule has 0 atom stereocenters. The second-order valence-electron chi connectivity index (χ2n) is 15.2. The molecule has 16 heteroatoms. The van der Waals surface area contributed by atoms with Crippen molar-refractivity contribution in [1.82, 2.24) is 0 Å². The smallest absolute Gasteiger partial charge is 0.300 e. The van der Waals surface area contributed by atoms with Crippen LogP contribution in [0.5, 0.6) is 11.5 Å². The molecule has 0 amide bonds.